The van der Waals surface area contributed by atoms with Crippen molar-refractivity contribution in [1.29, 1.82) is 0 Å². The molecule has 2 rings (SSSR count). The predicted molar refractivity (Wildman–Crippen MR) is 94.5 cm³/mol. The standard InChI is InChI=1S/C16H23Cl2N3O2/c1-23-9-8-21-6-4-12(5-7-21)11-19-16(22)20-13-2-3-14(17)15(18)10-13/h2-3,10,12H,4-9,11H2,1H3,(H2,19,20,22). The highest BCUT2D eigenvalue weighted by molar-refractivity contribution is 6.42. The van der Waals surface area contributed by atoms with E-state index in [-0.39, 0.29) is 6.03 Å². The highest BCUT2D eigenvalue weighted by atomic mass is 35.5. The van der Waals surface area contributed by atoms with Crippen LogP contribution >= 0.6 is 23.2 Å². The van der Waals surface area contributed by atoms with Gasteiger partial charge in [0.1, 0.15) is 0 Å². The predicted octanol–water partition coefficient (Wildman–Crippen LogP) is 3.47. The molecule has 1 aromatic carbocycles. The number of nitrogens with zero attached hydrogens (tertiary/aromatic N) is 1. The van der Waals surface area contributed by atoms with Crippen molar-refractivity contribution in [2.45, 2.75) is 12.8 Å². The molecule has 0 saturated carbocycles. The molecule has 2 amide bonds. The number of benzene rings is 1. The Bertz CT molecular complexity index is 520. The van der Waals surface area contributed by atoms with Gasteiger partial charge in [0.25, 0.3) is 0 Å². The number of carbonyl (C=O) groups is 1. The summed E-state index contributed by atoms with van der Waals surface area (Å²) < 4.78 is 5.10. The molecular formula is C16H23Cl2N3O2. The summed E-state index contributed by atoms with van der Waals surface area (Å²) in [5.41, 5.74) is 0.631. The lowest BCUT2D eigenvalue weighted by Crippen LogP contribution is -2.40. The zero-order chi connectivity index (χ0) is 16.7. The summed E-state index contributed by atoms with van der Waals surface area (Å²) in [6, 6.07) is 4.81. The lowest BCUT2D eigenvalue weighted by molar-refractivity contribution is 0.120. The minimum absolute atomic E-state index is 0.217. The van der Waals surface area contributed by atoms with Crippen molar-refractivity contribution in [1.82, 2.24) is 10.2 Å². The van der Waals surface area contributed by atoms with Gasteiger partial charge in [-0.05, 0) is 50.0 Å². The molecule has 1 aliphatic rings. The van der Waals surface area contributed by atoms with Crippen LogP contribution in [0.4, 0.5) is 10.5 Å². The normalized spacial score (nSPS) is 16.3. The second-order valence-corrected chi connectivity index (χ2v) is 6.56. The second-order valence-electron chi connectivity index (χ2n) is 5.74. The van der Waals surface area contributed by atoms with E-state index in [4.69, 9.17) is 27.9 Å². The first-order valence-corrected chi connectivity index (χ1v) is 8.55. The van der Waals surface area contributed by atoms with Crippen LogP contribution in [-0.2, 0) is 4.74 Å². The summed E-state index contributed by atoms with van der Waals surface area (Å²) in [5.74, 6) is 0.522. The van der Waals surface area contributed by atoms with E-state index in [0.29, 0.717) is 28.2 Å². The average molecular weight is 360 g/mol. The zero-order valence-electron chi connectivity index (χ0n) is 13.3. The smallest absolute Gasteiger partial charge is 0.319 e. The number of likely N-dealkylation sites (tertiary alicyclic amines) is 1. The van der Waals surface area contributed by atoms with Gasteiger partial charge in [-0.15, -0.1) is 0 Å². The molecule has 0 aliphatic carbocycles. The van der Waals surface area contributed by atoms with E-state index in [1.54, 1.807) is 25.3 Å². The number of anilines is 1. The van der Waals surface area contributed by atoms with Gasteiger partial charge in [0, 0.05) is 25.9 Å². The minimum Gasteiger partial charge on any atom is -0.383 e. The molecular weight excluding hydrogens is 337 g/mol. The SMILES string of the molecule is COCCN1CCC(CNC(=O)Nc2ccc(Cl)c(Cl)c2)CC1. The third-order valence-corrected chi connectivity index (χ3v) is 4.79. The van der Waals surface area contributed by atoms with Crippen LogP contribution in [0.5, 0.6) is 0 Å². The molecule has 0 unspecified atom stereocenters. The first kappa shape index (κ1) is 18.3. The quantitative estimate of drug-likeness (QED) is 0.817. The Kier molecular flexibility index (Phi) is 7.43. The Balaban J connectivity index is 1.68. The number of carbonyl (C=O) groups excluding carboxylic acids is 1. The molecule has 2 N–H and O–H groups in total. The van der Waals surface area contributed by atoms with Crippen molar-refractivity contribution in [3.63, 3.8) is 0 Å². The summed E-state index contributed by atoms with van der Waals surface area (Å²) >= 11 is 11.8. The lowest BCUT2D eigenvalue weighted by Gasteiger charge is -2.31. The van der Waals surface area contributed by atoms with E-state index in [9.17, 15) is 4.79 Å². The summed E-state index contributed by atoms with van der Waals surface area (Å²) in [6.45, 7) is 4.56. The van der Waals surface area contributed by atoms with E-state index in [2.05, 4.69) is 15.5 Å². The van der Waals surface area contributed by atoms with E-state index >= 15 is 0 Å². The highest BCUT2D eigenvalue weighted by Crippen LogP contribution is 2.25. The van der Waals surface area contributed by atoms with Crippen LogP contribution in [0, 0.1) is 5.92 Å². The molecule has 0 bridgehead atoms. The highest BCUT2D eigenvalue weighted by Gasteiger charge is 2.19. The molecule has 23 heavy (non-hydrogen) atoms. The van der Waals surface area contributed by atoms with E-state index in [0.717, 1.165) is 39.1 Å². The number of urea groups is 1. The fraction of sp³-hybridized carbons (Fsp3) is 0.562. The fourth-order valence-corrected chi connectivity index (χ4v) is 2.92. The van der Waals surface area contributed by atoms with E-state index < -0.39 is 0 Å². The van der Waals surface area contributed by atoms with Crippen molar-refractivity contribution in [2.24, 2.45) is 5.92 Å². The topological polar surface area (TPSA) is 53.6 Å². The van der Waals surface area contributed by atoms with Gasteiger partial charge < -0.3 is 20.3 Å². The molecule has 0 radical (unpaired) electrons. The largest absolute Gasteiger partial charge is 0.383 e. The first-order chi connectivity index (χ1) is 11.1. The van der Waals surface area contributed by atoms with Gasteiger partial charge in [0.15, 0.2) is 0 Å². The summed E-state index contributed by atoms with van der Waals surface area (Å²) in [6.07, 6.45) is 2.19. The Labute approximate surface area is 147 Å². The Morgan fingerprint density at radius 3 is 2.70 bits per heavy atom. The maximum absolute atomic E-state index is 11.9. The molecule has 1 saturated heterocycles. The van der Waals surface area contributed by atoms with Gasteiger partial charge in [-0.1, -0.05) is 23.2 Å². The number of hydrogen-bond donors (Lipinski definition) is 2. The average Bonchev–Trinajstić information content (AvgIpc) is 2.55. The molecule has 0 aromatic heterocycles. The van der Waals surface area contributed by atoms with E-state index in [1.165, 1.54) is 0 Å². The number of methoxy groups -OCH3 is 1. The van der Waals surface area contributed by atoms with Gasteiger partial charge in [-0.2, -0.15) is 0 Å². The van der Waals surface area contributed by atoms with Crippen LogP contribution in [0.2, 0.25) is 10.0 Å². The number of halogens is 2. The third-order valence-electron chi connectivity index (χ3n) is 4.05. The zero-order valence-corrected chi connectivity index (χ0v) is 14.8. The minimum atomic E-state index is -0.217. The monoisotopic (exact) mass is 359 g/mol. The van der Waals surface area contributed by atoms with Gasteiger partial charge in [-0.25, -0.2) is 4.79 Å². The Morgan fingerprint density at radius 1 is 1.30 bits per heavy atom. The number of hydrogen-bond acceptors (Lipinski definition) is 3. The molecule has 128 valence electrons. The van der Waals surface area contributed by atoms with Crippen LogP contribution in [0.1, 0.15) is 12.8 Å². The number of amides is 2. The maximum Gasteiger partial charge on any atom is 0.319 e. The van der Waals surface area contributed by atoms with Crippen LogP contribution in [-0.4, -0.2) is 50.8 Å². The molecule has 0 atom stereocenters. The van der Waals surface area contributed by atoms with Crippen molar-refractivity contribution in [3.8, 4) is 0 Å². The van der Waals surface area contributed by atoms with Crippen molar-refractivity contribution >= 4 is 34.9 Å². The summed E-state index contributed by atoms with van der Waals surface area (Å²) in [4.78, 5) is 14.3. The molecule has 0 spiro atoms. The summed E-state index contributed by atoms with van der Waals surface area (Å²) in [5, 5.41) is 6.58. The number of ether oxygens (including phenoxy) is 1. The maximum atomic E-state index is 11.9. The third kappa shape index (κ3) is 6.18. The summed E-state index contributed by atoms with van der Waals surface area (Å²) in [7, 11) is 1.73. The molecule has 1 heterocycles. The number of nitrogens with one attached hydrogen (secondary N) is 2. The van der Waals surface area contributed by atoms with Gasteiger partial charge in [0.05, 0.1) is 16.7 Å². The lowest BCUT2D eigenvalue weighted by atomic mass is 9.97. The molecule has 1 aliphatic heterocycles. The van der Waals surface area contributed by atoms with Crippen LogP contribution in [0.15, 0.2) is 18.2 Å². The number of rotatable bonds is 6. The van der Waals surface area contributed by atoms with Gasteiger partial charge in [0.2, 0.25) is 0 Å². The molecule has 1 fully saturated rings. The molecule has 5 nitrogen and oxygen atoms in total. The van der Waals surface area contributed by atoms with Crippen LogP contribution in [0.25, 0.3) is 0 Å². The molecule has 7 heteroatoms. The van der Waals surface area contributed by atoms with Crippen molar-refractivity contribution < 1.29 is 9.53 Å². The fourth-order valence-electron chi connectivity index (χ4n) is 2.62. The number of piperidine rings is 1. The van der Waals surface area contributed by atoms with Gasteiger partial charge >= 0.3 is 6.03 Å². The first-order valence-electron chi connectivity index (χ1n) is 7.79. The molecule has 1 aromatic rings. The van der Waals surface area contributed by atoms with Gasteiger partial charge in [-0.3, -0.25) is 0 Å². The Hall–Kier alpha value is -1.01. The van der Waals surface area contributed by atoms with Crippen molar-refractivity contribution in [3.05, 3.63) is 28.2 Å². The van der Waals surface area contributed by atoms with E-state index in [1.807, 2.05) is 0 Å². The Morgan fingerprint density at radius 2 is 2.04 bits per heavy atom. The van der Waals surface area contributed by atoms with Crippen LogP contribution < -0.4 is 10.6 Å². The van der Waals surface area contributed by atoms with Crippen molar-refractivity contribution in [2.75, 3.05) is 45.2 Å². The van der Waals surface area contributed by atoms with Crippen LogP contribution in [0.3, 0.4) is 0 Å². The second kappa shape index (κ2) is 9.33.